The average molecular weight is 461 g/mol. The highest BCUT2D eigenvalue weighted by Gasteiger charge is 2.32. The molecular formula is C30H24N2O3. The molecule has 0 spiro atoms. The molecule has 0 aliphatic carbocycles. The van der Waals surface area contributed by atoms with Crippen LogP contribution in [-0.4, -0.2) is 12.5 Å². The lowest BCUT2D eigenvalue weighted by atomic mass is 10.0. The number of ether oxygens (including phenoxy) is 2. The first-order chi connectivity index (χ1) is 17.2. The summed E-state index contributed by atoms with van der Waals surface area (Å²) in [5, 5.41) is 0. The molecule has 3 aromatic carbocycles. The van der Waals surface area contributed by atoms with Crippen LogP contribution in [0.3, 0.4) is 0 Å². The Morgan fingerprint density at radius 2 is 1.60 bits per heavy atom. The molecule has 172 valence electrons. The van der Waals surface area contributed by atoms with E-state index in [9.17, 15) is 4.79 Å². The second-order valence-corrected chi connectivity index (χ2v) is 8.28. The lowest BCUT2D eigenvalue weighted by molar-refractivity contribution is -0.132. The van der Waals surface area contributed by atoms with Crippen molar-refractivity contribution in [1.82, 2.24) is 0 Å². The van der Waals surface area contributed by atoms with Crippen LogP contribution >= 0.6 is 0 Å². The van der Waals surface area contributed by atoms with E-state index in [0.29, 0.717) is 17.2 Å². The maximum atomic E-state index is 12.4. The topological polar surface area (TPSA) is 43.1 Å². The number of benzene rings is 3. The normalized spacial score (nSPS) is 16.9. The quantitative estimate of drug-likeness (QED) is 0.294. The Bertz CT molecular complexity index is 1400. The first kappa shape index (κ1) is 22.2. The minimum atomic E-state index is -0.630. The fraction of sp³-hybridized carbons (Fsp3) is 0.133. The van der Waals surface area contributed by atoms with Gasteiger partial charge in [0, 0.05) is 18.2 Å². The number of esters is 1. The van der Waals surface area contributed by atoms with Crippen molar-refractivity contribution < 1.29 is 14.3 Å². The molecule has 2 aliphatic heterocycles. The number of carbonyl (C=O) groups excluding carboxylic acids is 1. The largest absolute Gasteiger partial charge is 0.439 e. The molecule has 0 bridgehead atoms. The minimum Gasteiger partial charge on any atom is -0.439 e. The molecule has 0 aromatic heterocycles. The monoisotopic (exact) mass is 460 g/mol. The van der Waals surface area contributed by atoms with Crippen LogP contribution < -0.4 is 9.64 Å². The molecule has 0 radical (unpaired) electrons. The van der Waals surface area contributed by atoms with E-state index < -0.39 is 5.97 Å². The Kier molecular flexibility index (Phi) is 6.19. The third kappa shape index (κ3) is 4.34. The molecule has 0 unspecified atom stereocenters. The summed E-state index contributed by atoms with van der Waals surface area (Å²) in [6, 6.07) is 25.8. The number of hydrogen-bond donors (Lipinski definition) is 0. The molecule has 2 heterocycles. The molecule has 0 amide bonds. The summed E-state index contributed by atoms with van der Waals surface area (Å²) in [4.78, 5) is 17.9. The van der Waals surface area contributed by atoms with Crippen LogP contribution in [0.2, 0.25) is 0 Å². The van der Waals surface area contributed by atoms with Crippen molar-refractivity contribution in [2.45, 2.75) is 19.8 Å². The van der Waals surface area contributed by atoms with Crippen molar-refractivity contribution in [2.24, 2.45) is 0 Å². The number of cyclic esters (lactones) is 1. The zero-order valence-corrected chi connectivity index (χ0v) is 19.4. The average Bonchev–Trinajstić information content (AvgIpc) is 3.42. The summed E-state index contributed by atoms with van der Waals surface area (Å²) < 4.78 is 11.7. The van der Waals surface area contributed by atoms with E-state index in [1.807, 2.05) is 60.7 Å². The summed E-state index contributed by atoms with van der Waals surface area (Å²) >= 11 is 0. The molecule has 5 heteroatoms. The molecule has 35 heavy (non-hydrogen) atoms. The summed E-state index contributed by atoms with van der Waals surface area (Å²) in [7, 11) is 0. The maximum Gasteiger partial charge on any atom is 0.342 e. The van der Waals surface area contributed by atoms with Gasteiger partial charge in [0.1, 0.15) is 5.76 Å². The van der Waals surface area contributed by atoms with Crippen LogP contribution in [0, 0.1) is 6.57 Å². The standard InChI is InChI=1S/C30H24N2O3/c1-3-4-19-32-24-20-23(21-11-7-5-8-12-21)15-16-25(24)34-27(32)18-17-26-28(22-13-9-6-10-14-22)29(31-2)30(33)35-26/h5-18,20H,3-4,19H2,1H3/b26-17?,27-18-. The van der Waals surface area contributed by atoms with E-state index in [-0.39, 0.29) is 5.70 Å². The fourth-order valence-electron chi connectivity index (χ4n) is 4.25. The highest BCUT2D eigenvalue weighted by atomic mass is 16.5. The Morgan fingerprint density at radius 3 is 2.29 bits per heavy atom. The SMILES string of the molecule is [C-]#[N+]C1=C(c2ccccc2)C(=C/C=C2\Oc3ccc(-c4ccccc4)cc3N2CCCC)OC1=O. The van der Waals surface area contributed by atoms with Gasteiger partial charge in [-0.2, -0.15) is 0 Å². The molecule has 2 aliphatic rings. The summed E-state index contributed by atoms with van der Waals surface area (Å²) in [5.74, 6) is 1.16. The van der Waals surface area contributed by atoms with Crippen LogP contribution in [-0.2, 0) is 9.53 Å². The van der Waals surface area contributed by atoms with Crippen molar-refractivity contribution in [3.63, 3.8) is 0 Å². The van der Waals surface area contributed by atoms with Gasteiger partial charge in [-0.3, -0.25) is 4.79 Å². The van der Waals surface area contributed by atoms with Gasteiger partial charge in [0.2, 0.25) is 5.88 Å². The predicted molar refractivity (Wildman–Crippen MR) is 137 cm³/mol. The van der Waals surface area contributed by atoms with Crippen molar-refractivity contribution in [3.05, 3.63) is 125 Å². The van der Waals surface area contributed by atoms with Crippen molar-refractivity contribution >= 4 is 17.2 Å². The molecule has 0 saturated heterocycles. The molecule has 5 rings (SSSR count). The lowest BCUT2D eigenvalue weighted by Gasteiger charge is -2.18. The summed E-state index contributed by atoms with van der Waals surface area (Å²) in [5.41, 5.74) is 4.53. The van der Waals surface area contributed by atoms with Crippen LogP contribution in [0.1, 0.15) is 25.3 Å². The Hall–Kier alpha value is -4.56. The Balaban J connectivity index is 1.52. The fourth-order valence-corrected chi connectivity index (χ4v) is 4.25. The minimum absolute atomic E-state index is 0.00758. The number of nitrogens with zero attached hydrogens (tertiary/aromatic N) is 2. The van der Waals surface area contributed by atoms with E-state index in [0.717, 1.165) is 47.5 Å². The van der Waals surface area contributed by atoms with Gasteiger partial charge in [0.25, 0.3) is 5.70 Å². The molecule has 5 nitrogen and oxygen atoms in total. The second kappa shape index (κ2) is 9.74. The highest BCUT2D eigenvalue weighted by molar-refractivity contribution is 6.08. The van der Waals surface area contributed by atoms with E-state index in [2.05, 4.69) is 40.9 Å². The van der Waals surface area contributed by atoms with Gasteiger partial charge in [-0.05, 0) is 41.3 Å². The lowest BCUT2D eigenvalue weighted by Crippen LogP contribution is -2.21. The third-order valence-corrected chi connectivity index (χ3v) is 6.00. The third-order valence-electron chi connectivity index (χ3n) is 6.00. The van der Waals surface area contributed by atoms with Crippen LogP contribution in [0.4, 0.5) is 5.69 Å². The van der Waals surface area contributed by atoms with Crippen molar-refractivity contribution in [2.75, 3.05) is 11.4 Å². The Morgan fingerprint density at radius 1 is 0.886 bits per heavy atom. The van der Waals surface area contributed by atoms with Crippen molar-refractivity contribution in [1.29, 1.82) is 0 Å². The predicted octanol–water partition coefficient (Wildman–Crippen LogP) is 6.97. The zero-order chi connectivity index (χ0) is 24.2. The number of anilines is 1. The van der Waals surface area contributed by atoms with Gasteiger partial charge < -0.3 is 14.4 Å². The van der Waals surface area contributed by atoms with Gasteiger partial charge in [0.15, 0.2) is 5.75 Å². The van der Waals surface area contributed by atoms with Gasteiger partial charge in [-0.15, -0.1) is 0 Å². The molecule has 0 atom stereocenters. The maximum absolute atomic E-state index is 12.4. The highest BCUT2D eigenvalue weighted by Crippen LogP contribution is 2.42. The number of unbranched alkanes of at least 4 members (excludes halogenated alkanes) is 1. The van der Waals surface area contributed by atoms with Crippen LogP contribution in [0.25, 0.3) is 21.5 Å². The van der Waals surface area contributed by atoms with E-state index in [1.165, 1.54) is 0 Å². The van der Waals surface area contributed by atoms with Crippen molar-refractivity contribution in [3.8, 4) is 16.9 Å². The van der Waals surface area contributed by atoms with E-state index in [1.54, 1.807) is 6.08 Å². The number of hydrogen-bond acceptors (Lipinski definition) is 4. The van der Waals surface area contributed by atoms with Gasteiger partial charge in [-0.25, -0.2) is 4.85 Å². The summed E-state index contributed by atoms with van der Waals surface area (Å²) in [6.45, 7) is 10.4. The summed E-state index contributed by atoms with van der Waals surface area (Å²) in [6.07, 6.45) is 5.58. The first-order valence-corrected chi connectivity index (χ1v) is 11.7. The van der Waals surface area contributed by atoms with E-state index >= 15 is 0 Å². The van der Waals surface area contributed by atoms with Gasteiger partial charge in [-0.1, -0.05) is 80.1 Å². The molecule has 0 saturated carbocycles. The number of rotatable bonds is 6. The zero-order valence-electron chi connectivity index (χ0n) is 19.4. The number of fused-ring (bicyclic) bond motifs is 1. The van der Waals surface area contributed by atoms with E-state index in [4.69, 9.17) is 16.0 Å². The van der Waals surface area contributed by atoms with Gasteiger partial charge >= 0.3 is 5.97 Å². The van der Waals surface area contributed by atoms with Gasteiger partial charge in [0.05, 0.1) is 12.3 Å². The molecule has 0 fully saturated rings. The molecular weight excluding hydrogens is 436 g/mol. The molecule has 3 aromatic rings. The first-order valence-electron chi connectivity index (χ1n) is 11.7. The van der Waals surface area contributed by atoms with Crippen LogP contribution in [0.15, 0.2) is 108 Å². The second-order valence-electron chi connectivity index (χ2n) is 8.28. The number of carbonyl (C=O) groups is 1. The molecule has 0 N–H and O–H groups in total. The number of allylic oxidation sites excluding steroid dienone is 3. The smallest absolute Gasteiger partial charge is 0.342 e. The van der Waals surface area contributed by atoms with Crippen LogP contribution in [0.5, 0.6) is 5.75 Å². The Labute approximate surface area is 205 Å².